The summed E-state index contributed by atoms with van der Waals surface area (Å²) in [6.45, 7) is 23.2. The minimum Gasteiger partial charge on any atom is -0.462 e. The minimum absolute atomic E-state index is 0.0435. The van der Waals surface area contributed by atoms with Crippen molar-refractivity contribution in [2.75, 3.05) is 0 Å². The third-order valence-corrected chi connectivity index (χ3v) is 14.2. The van der Waals surface area contributed by atoms with Crippen LogP contribution in [0.1, 0.15) is 134 Å². The number of amides is 1. The molecule has 5 aliphatic rings. The maximum Gasteiger partial charge on any atom is 0.302 e. The lowest BCUT2D eigenvalue weighted by atomic mass is 9.33. The molecule has 0 bridgehead atoms. The van der Waals surface area contributed by atoms with Gasteiger partial charge in [0.05, 0.1) is 5.54 Å². The molecule has 0 aromatic carbocycles. The highest BCUT2D eigenvalue weighted by molar-refractivity contribution is 5.95. The number of rotatable bonds is 2. The van der Waals surface area contributed by atoms with Crippen molar-refractivity contribution in [3.05, 3.63) is 11.6 Å². The third-order valence-electron chi connectivity index (χ3n) is 14.2. The molecule has 4 fully saturated rings. The fourth-order valence-electron chi connectivity index (χ4n) is 11.3. The van der Waals surface area contributed by atoms with Crippen LogP contribution in [0.4, 0.5) is 0 Å². The lowest BCUT2D eigenvalue weighted by Gasteiger charge is -2.70. The molecule has 4 saturated carbocycles. The lowest BCUT2D eigenvalue weighted by molar-refractivity contribution is -0.212. The van der Waals surface area contributed by atoms with E-state index in [-0.39, 0.29) is 62.7 Å². The fourth-order valence-corrected chi connectivity index (χ4v) is 11.3. The van der Waals surface area contributed by atoms with Gasteiger partial charge in [0.25, 0.3) is 5.91 Å². The van der Waals surface area contributed by atoms with Crippen LogP contribution in [-0.4, -0.2) is 39.6 Å². The molecule has 0 aromatic rings. The molecule has 5 rings (SSSR count). The summed E-state index contributed by atoms with van der Waals surface area (Å²) in [5, 5.41) is 11.8. The summed E-state index contributed by atoms with van der Waals surface area (Å²) >= 11 is 0. The van der Waals surface area contributed by atoms with Crippen LogP contribution >= 0.6 is 0 Å². The van der Waals surface area contributed by atoms with E-state index in [0.29, 0.717) is 12.3 Å². The molecular formula is C36H57NO5. The number of fused-ring (bicyclic) bond motifs is 7. The van der Waals surface area contributed by atoms with Crippen molar-refractivity contribution in [1.29, 1.82) is 0 Å². The van der Waals surface area contributed by atoms with Crippen LogP contribution in [-0.2, 0) is 19.1 Å². The summed E-state index contributed by atoms with van der Waals surface area (Å²) in [5.41, 5.74) is -0.714. The Labute approximate surface area is 254 Å². The van der Waals surface area contributed by atoms with Gasteiger partial charge in [-0.3, -0.25) is 19.6 Å². The third kappa shape index (κ3) is 4.23. The second-order valence-electron chi connectivity index (χ2n) is 18.0. The second-order valence-corrected chi connectivity index (χ2v) is 18.0. The summed E-state index contributed by atoms with van der Waals surface area (Å²) in [7, 11) is 0. The Morgan fingerprint density at radius 1 is 0.929 bits per heavy atom. The molecule has 1 N–H and O–H groups in total. The van der Waals surface area contributed by atoms with E-state index in [1.165, 1.54) is 12.5 Å². The fraction of sp³-hybridized carbons (Fsp3) is 0.861. The van der Waals surface area contributed by atoms with Crippen LogP contribution in [0, 0.1) is 50.2 Å². The van der Waals surface area contributed by atoms with Gasteiger partial charge in [-0.1, -0.05) is 54.0 Å². The molecule has 6 heteroatoms. The van der Waals surface area contributed by atoms with Gasteiger partial charge in [-0.15, -0.1) is 0 Å². The van der Waals surface area contributed by atoms with Crippen molar-refractivity contribution in [3.63, 3.8) is 0 Å². The van der Waals surface area contributed by atoms with Crippen molar-refractivity contribution in [2.45, 2.75) is 146 Å². The number of hydrogen-bond acceptors (Lipinski definition) is 5. The summed E-state index contributed by atoms with van der Waals surface area (Å²) in [4.78, 5) is 40.3. The Bertz CT molecular complexity index is 1210. The monoisotopic (exact) mass is 583 g/mol. The number of hydrogen-bond donors (Lipinski definition) is 1. The molecule has 236 valence electrons. The molecule has 9 unspecified atom stereocenters. The average molecular weight is 584 g/mol. The number of carbonyl (C=O) groups excluding carboxylic acids is 3. The van der Waals surface area contributed by atoms with Crippen molar-refractivity contribution in [2.24, 2.45) is 50.2 Å². The van der Waals surface area contributed by atoms with Crippen LogP contribution in [0.3, 0.4) is 0 Å². The van der Waals surface area contributed by atoms with Gasteiger partial charge in [0, 0.05) is 23.7 Å². The number of esters is 1. The molecule has 5 aliphatic carbocycles. The van der Waals surface area contributed by atoms with E-state index in [1.54, 1.807) is 0 Å². The van der Waals surface area contributed by atoms with E-state index in [4.69, 9.17) is 4.74 Å². The Kier molecular flexibility index (Phi) is 7.11. The quantitative estimate of drug-likeness (QED) is 0.203. The first kappa shape index (κ1) is 31.7. The number of hydroxylamine groups is 2. The van der Waals surface area contributed by atoms with E-state index >= 15 is 0 Å². The maximum absolute atomic E-state index is 14.6. The van der Waals surface area contributed by atoms with Crippen molar-refractivity contribution in [3.8, 4) is 0 Å². The Balaban J connectivity index is 1.55. The van der Waals surface area contributed by atoms with Crippen LogP contribution < -0.4 is 0 Å². The predicted octanol–water partition coefficient (Wildman–Crippen LogP) is 7.92. The highest BCUT2D eigenvalue weighted by Gasteiger charge is 2.70. The van der Waals surface area contributed by atoms with Crippen LogP contribution in [0.2, 0.25) is 0 Å². The molecule has 0 radical (unpaired) electrons. The van der Waals surface area contributed by atoms with Crippen molar-refractivity contribution in [1.82, 2.24) is 5.06 Å². The van der Waals surface area contributed by atoms with Gasteiger partial charge in [0.15, 0.2) is 5.78 Å². The first-order valence-electron chi connectivity index (χ1n) is 16.5. The van der Waals surface area contributed by atoms with E-state index in [0.717, 1.165) is 56.4 Å². The molecule has 0 heterocycles. The SMILES string of the molecule is CC(=O)OC1CCC2(C)C(CCC3(C)C2C(=O)C=C2C4CC(C)(C(=O)N(O)C(C)(C)C)CCC4(C)CCC23C)C1(C)C. The lowest BCUT2D eigenvalue weighted by Crippen LogP contribution is -2.67. The Morgan fingerprint density at radius 2 is 1.55 bits per heavy atom. The van der Waals surface area contributed by atoms with Crippen molar-refractivity contribution >= 4 is 17.7 Å². The summed E-state index contributed by atoms with van der Waals surface area (Å²) < 4.78 is 5.86. The van der Waals surface area contributed by atoms with Gasteiger partial charge in [-0.25, -0.2) is 5.06 Å². The molecule has 9 atom stereocenters. The first-order valence-corrected chi connectivity index (χ1v) is 16.5. The first-order chi connectivity index (χ1) is 19.1. The zero-order valence-corrected chi connectivity index (χ0v) is 28.3. The van der Waals surface area contributed by atoms with Gasteiger partial charge >= 0.3 is 5.97 Å². The minimum atomic E-state index is -0.672. The van der Waals surface area contributed by atoms with Crippen LogP contribution in [0.15, 0.2) is 11.6 Å². The van der Waals surface area contributed by atoms with E-state index in [9.17, 15) is 19.6 Å². The highest BCUT2D eigenvalue weighted by Crippen LogP contribution is 2.75. The van der Waals surface area contributed by atoms with Crippen LogP contribution in [0.5, 0.6) is 0 Å². The standard InChI is InChI=1S/C36H57NO5/c1-22(38)42-27-13-14-34(9)26(31(27,5)6)12-15-36(11)28(34)25(39)20-23-24-21-33(8,29(40)37(41)30(2,3)4)17-16-32(24,7)18-19-35(23,36)10/h20,24,26-28,41H,12-19,21H2,1-11H3. The van der Waals surface area contributed by atoms with Gasteiger partial charge in [-0.05, 0) is 118 Å². The molecular weight excluding hydrogens is 526 g/mol. The smallest absolute Gasteiger partial charge is 0.302 e. The largest absolute Gasteiger partial charge is 0.462 e. The van der Waals surface area contributed by atoms with E-state index in [2.05, 4.69) is 41.5 Å². The van der Waals surface area contributed by atoms with E-state index in [1.807, 2.05) is 33.8 Å². The Hall–Kier alpha value is -1.69. The molecule has 0 spiro atoms. The zero-order chi connectivity index (χ0) is 31.5. The second kappa shape index (κ2) is 9.41. The number of nitrogens with zero attached hydrogens (tertiary/aromatic N) is 1. The number of carbonyl (C=O) groups is 3. The molecule has 42 heavy (non-hydrogen) atoms. The van der Waals surface area contributed by atoms with E-state index < -0.39 is 11.0 Å². The molecule has 1 amide bonds. The number of allylic oxidation sites excluding steroid dienone is 2. The van der Waals surface area contributed by atoms with Gasteiger partial charge < -0.3 is 4.74 Å². The van der Waals surface area contributed by atoms with Crippen molar-refractivity contribution < 1.29 is 24.3 Å². The molecule has 0 aliphatic heterocycles. The van der Waals surface area contributed by atoms with Gasteiger partial charge in [0.2, 0.25) is 0 Å². The van der Waals surface area contributed by atoms with Gasteiger partial charge in [-0.2, -0.15) is 0 Å². The summed E-state index contributed by atoms with van der Waals surface area (Å²) in [6, 6.07) is 0. The molecule has 0 aromatic heterocycles. The zero-order valence-electron chi connectivity index (χ0n) is 28.3. The number of ether oxygens (including phenoxy) is 1. The normalized spacial score (nSPS) is 46.3. The molecule has 6 nitrogen and oxygen atoms in total. The maximum atomic E-state index is 14.6. The Morgan fingerprint density at radius 3 is 2.14 bits per heavy atom. The average Bonchev–Trinajstić information content (AvgIpc) is 2.86. The van der Waals surface area contributed by atoms with Gasteiger partial charge in [0.1, 0.15) is 6.10 Å². The molecule has 0 saturated heterocycles. The highest BCUT2D eigenvalue weighted by atomic mass is 16.5. The van der Waals surface area contributed by atoms with Crippen LogP contribution in [0.25, 0.3) is 0 Å². The summed E-state index contributed by atoms with van der Waals surface area (Å²) in [5.74, 6) is 0.194. The summed E-state index contributed by atoms with van der Waals surface area (Å²) in [6.07, 6.45) is 10.1. The topological polar surface area (TPSA) is 83.9 Å². The number of ketones is 1. The predicted molar refractivity (Wildman–Crippen MR) is 163 cm³/mol.